The molecule has 1 heterocycles. The summed E-state index contributed by atoms with van der Waals surface area (Å²) in [7, 11) is 0. The first kappa shape index (κ1) is 20.3. The first-order valence-electron chi connectivity index (χ1n) is 9.79. The lowest BCUT2D eigenvalue weighted by Crippen LogP contribution is -2.45. The standard InChI is InChI=1S/C21H33N3O2/c1-16(2)15-23-21(26)24-12-9-20(10-13-24)14-19-6-4-18(5-7-19)8-11-22-17(3)25/h4-7,16,20H,8-15H2,1-3H3,(H,22,25)(H,23,26). The van der Waals surface area contributed by atoms with Crippen LogP contribution in [0.3, 0.4) is 0 Å². The Balaban J connectivity index is 1.71. The number of rotatable bonds is 7. The third-order valence-electron chi connectivity index (χ3n) is 4.90. The fraction of sp³-hybridized carbons (Fsp3) is 0.619. The molecule has 2 rings (SSSR count). The van der Waals surface area contributed by atoms with Gasteiger partial charge in [0.2, 0.25) is 5.91 Å². The lowest BCUT2D eigenvalue weighted by molar-refractivity contribution is -0.118. The summed E-state index contributed by atoms with van der Waals surface area (Å²) in [5.41, 5.74) is 2.61. The summed E-state index contributed by atoms with van der Waals surface area (Å²) in [4.78, 5) is 25.0. The van der Waals surface area contributed by atoms with E-state index in [1.165, 1.54) is 11.1 Å². The SMILES string of the molecule is CC(=O)NCCc1ccc(CC2CCN(C(=O)NCC(C)C)CC2)cc1. The molecule has 1 fully saturated rings. The molecule has 1 aliphatic heterocycles. The van der Waals surface area contributed by atoms with Crippen LogP contribution in [0.4, 0.5) is 4.79 Å². The zero-order valence-electron chi connectivity index (χ0n) is 16.4. The van der Waals surface area contributed by atoms with E-state index in [0.717, 1.165) is 45.3 Å². The lowest BCUT2D eigenvalue weighted by atomic mass is 9.90. The number of hydrogen-bond acceptors (Lipinski definition) is 2. The molecule has 0 bridgehead atoms. The zero-order chi connectivity index (χ0) is 18.9. The van der Waals surface area contributed by atoms with E-state index < -0.39 is 0 Å². The number of carbonyl (C=O) groups is 2. The van der Waals surface area contributed by atoms with Crippen molar-refractivity contribution in [3.8, 4) is 0 Å². The van der Waals surface area contributed by atoms with Crippen molar-refractivity contribution in [3.05, 3.63) is 35.4 Å². The van der Waals surface area contributed by atoms with Crippen LogP contribution in [-0.2, 0) is 17.6 Å². The van der Waals surface area contributed by atoms with E-state index >= 15 is 0 Å². The minimum absolute atomic E-state index is 0.0193. The van der Waals surface area contributed by atoms with Gasteiger partial charge in [-0.25, -0.2) is 4.79 Å². The van der Waals surface area contributed by atoms with E-state index in [0.29, 0.717) is 18.4 Å². The molecule has 0 unspecified atom stereocenters. The molecule has 0 spiro atoms. The van der Waals surface area contributed by atoms with Crippen LogP contribution >= 0.6 is 0 Å². The van der Waals surface area contributed by atoms with Crippen molar-refractivity contribution >= 4 is 11.9 Å². The molecule has 0 atom stereocenters. The Hall–Kier alpha value is -2.04. The molecule has 0 saturated carbocycles. The third kappa shape index (κ3) is 7.06. The molecular weight excluding hydrogens is 326 g/mol. The lowest BCUT2D eigenvalue weighted by Gasteiger charge is -2.32. The quantitative estimate of drug-likeness (QED) is 0.786. The molecule has 1 aromatic carbocycles. The summed E-state index contributed by atoms with van der Waals surface area (Å²) in [6.45, 7) is 8.89. The summed E-state index contributed by atoms with van der Waals surface area (Å²) >= 11 is 0. The van der Waals surface area contributed by atoms with Gasteiger partial charge in [0.15, 0.2) is 0 Å². The Morgan fingerprint density at radius 2 is 1.69 bits per heavy atom. The van der Waals surface area contributed by atoms with Gasteiger partial charge in [-0.1, -0.05) is 38.1 Å². The maximum Gasteiger partial charge on any atom is 0.317 e. The van der Waals surface area contributed by atoms with E-state index in [1.54, 1.807) is 6.92 Å². The summed E-state index contributed by atoms with van der Waals surface area (Å²) < 4.78 is 0. The topological polar surface area (TPSA) is 61.4 Å². The second-order valence-corrected chi connectivity index (χ2v) is 7.76. The van der Waals surface area contributed by atoms with Crippen molar-refractivity contribution in [2.75, 3.05) is 26.2 Å². The summed E-state index contributed by atoms with van der Waals surface area (Å²) in [6.07, 6.45) is 4.08. The van der Waals surface area contributed by atoms with Crippen molar-refractivity contribution in [2.24, 2.45) is 11.8 Å². The van der Waals surface area contributed by atoms with Gasteiger partial charge in [-0.3, -0.25) is 4.79 Å². The van der Waals surface area contributed by atoms with Crippen molar-refractivity contribution < 1.29 is 9.59 Å². The van der Waals surface area contributed by atoms with E-state index in [2.05, 4.69) is 48.7 Å². The minimum Gasteiger partial charge on any atom is -0.356 e. The number of urea groups is 1. The van der Waals surface area contributed by atoms with Crippen LogP contribution < -0.4 is 10.6 Å². The molecule has 0 radical (unpaired) electrons. The average Bonchev–Trinajstić information content (AvgIpc) is 2.61. The number of nitrogens with one attached hydrogen (secondary N) is 2. The minimum atomic E-state index is 0.0193. The Kier molecular flexibility index (Phi) is 7.95. The fourth-order valence-corrected chi connectivity index (χ4v) is 3.30. The van der Waals surface area contributed by atoms with E-state index in [4.69, 9.17) is 0 Å². The first-order valence-corrected chi connectivity index (χ1v) is 9.79. The van der Waals surface area contributed by atoms with Crippen molar-refractivity contribution in [1.29, 1.82) is 0 Å². The predicted molar refractivity (Wildman–Crippen MR) is 105 cm³/mol. The molecule has 1 aliphatic rings. The second kappa shape index (κ2) is 10.2. The second-order valence-electron chi connectivity index (χ2n) is 7.76. The number of piperidine rings is 1. The molecule has 2 N–H and O–H groups in total. The molecule has 0 aliphatic carbocycles. The monoisotopic (exact) mass is 359 g/mol. The molecule has 0 aromatic heterocycles. The third-order valence-corrected chi connectivity index (χ3v) is 4.90. The van der Waals surface area contributed by atoms with Crippen LogP contribution in [0.5, 0.6) is 0 Å². The van der Waals surface area contributed by atoms with Crippen LogP contribution in [-0.4, -0.2) is 43.0 Å². The Morgan fingerprint density at radius 3 is 2.27 bits per heavy atom. The number of amides is 3. The summed E-state index contributed by atoms with van der Waals surface area (Å²) in [5, 5.41) is 5.83. The van der Waals surface area contributed by atoms with Gasteiger partial charge in [-0.15, -0.1) is 0 Å². The van der Waals surface area contributed by atoms with Gasteiger partial charge in [-0.2, -0.15) is 0 Å². The zero-order valence-corrected chi connectivity index (χ0v) is 16.4. The van der Waals surface area contributed by atoms with Gasteiger partial charge in [-0.05, 0) is 48.6 Å². The molecule has 5 heteroatoms. The van der Waals surface area contributed by atoms with E-state index in [1.807, 2.05) is 4.90 Å². The molecule has 26 heavy (non-hydrogen) atoms. The summed E-state index contributed by atoms with van der Waals surface area (Å²) in [6, 6.07) is 8.80. The van der Waals surface area contributed by atoms with Gasteiger partial charge in [0.1, 0.15) is 0 Å². The van der Waals surface area contributed by atoms with Gasteiger partial charge in [0.25, 0.3) is 0 Å². The number of hydrogen-bond donors (Lipinski definition) is 2. The van der Waals surface area contributed by atoms with Gasteiger partial charge < -0.3 is 15.5 Å². The maximum absolute atomic E-state index is 12.1. The maximum atomic E-state index is 12.1. The Bertz CT molecular complexity index is 575. The van der Waals surface area contributed by atoms with Crippen LogP contribution in [0.2, 0.25) is 0 Å². The van der Waals surface area contributed by atoms with Gasteiger partial charge >= 0.3 is 6.03 Å². The van der Waals surface area contributed by atoms with E-state index in [9.17, 15) is 9.59 Å². The molecule has 1 saturated heterocycles. The van der Waals surface area contributed by atoms with Gasteiger partial charge in [0.05, 0.1) is 0 Å². The Morgan fingerprint density at radius 1 is 1.08 bits per heavy atom. The predicted octanol–water partition coefficient (Wildman–Crippen LogP) is 2.99. The number of nitrogens with zero attached hydrogens (tertiary/aromatic N) is 1. The van der Waals surface area contributed by atoms with E-state index in [-0.39, 0.29) is 11.9 Å². The van der Waals surface area contributed by atoms with Crippen molar-refractivity contribution in [2.45, 2.75) is 46.5 Å². The summed E-state index contributed by atoms with van der Waals surface area (Å²) in [5.74, 6) is 1.15. The highest BCUT2D eigenvalue weighted by atomic mass is 16.2. The van der Waals surface area contributed by atoms with Crippen molar-refractivity contribution in [1.82, 2.24) is 15.5 Å². The van der Waals surface area contributed by atoms with Crippen LogP contribution in [0, 0.1) is 11.8 Å². The smallest absolute Gasteiger partial charge is 0.317 e. The molecule has 1 aromatic rings. The number of benzene rings is 1. The normalized spacial score (nSPS) is 15.2. The van der Waals surface area contributed by atoms with Gasteiger partial charge in [0, 0.05) is 33.1 Å². The highest BCUT2D eigenvalue weighted by Gasteiger charge is 2.22. The Labute approximate surface area is 157 Å². The van der Waals surface area contributed by atoms with Crippen LogP contribution in [0.15, 0.2) is 24.3 Å². The number of carbonyl (C=O) groups excluding carboxylic acids is 2. The highest BCUT2D eigenvalue weighted by Crippen LogP contribution is 2.22. The first-order chi connectivity index (χ1) is 12.4. The fourth-order valence-electron chi connectivity index (χ4n) is 3.30. The highest BCUT2D eigenvalue weighted by molar-refractivity contribution is 5.74. The van der Waals surface area contributed by atoms with Crippen LogP contribution in [0.1, 0.15) is 44.7 Å². The van der Waals surface area contributed by atoms with Crippen LogP contribution in [0.25, 0.3) is 0 Å². The molecular formula is C21H33N3O2. The average molecular weight is 360 g/mol. The molecule has 3 amide bonds. The largest absolute Gasteiger partial charge is 0.356 e. The molecule has 5 nitrogen and oxygen atoms in total. The number of likely N-dealkylation sites (tertiary alicyclic amines) is 1. The molecule has 144 valence electrons. The van der Waals surface area contributed by atoms with Crippen molar-refractivity contribution in [3.63, 3.8) is 0 Å².